The van der Waals surface area contributed by atoms with E-state index in [-0.39, 0.29) is 67.0 Å². The molecule has 0 aliphatic carbocycles. The van der Waals surface area contributed by atoms with Crippen LogP contribution in [0.5, 0.6) is 0 Å². The Morgan fingerprint density at radius 3 is 1.81 bits per heavy atom. The van der Waals surface area contributed by atoms with Gasteiger partial charge in [0.1, 0.15) is 41.8 Å². The number of carbonyl (C=O) groups excluding carboxylic acids is 5. The third-order valence-corrected chi connectivity index (χ3v) is 14.8. The number of esters is 2. The van der Waals surface area contributed by atoms with E-state index in [2.05, 4.69) is 88.7 Å². The minimum absolute atomic E-state index is 0. The fourth-order valence-corrected chi connectivity index (χ4v) is 11.9. The molecule has 0 bridgehead atoms. The second-order valence-corrected chi connectivity index (χ2v) is 17.8. The lowest BCUT2D eigenvalue weighted by molar-refractivity contribution is -0.145. The van der Waals surface area contributed by atoms with Gasteiger partial charge in [-0.05, 0) is 69.5 Å². The van der Waals surface area contributed by atoms with Crippen LogP contribution in [-0.2, 0) is 33.4 Å². The quantitative estimate of drug-likeness (QED) is 0.0446. The topological polar surface area (TPSA) is 166 Å². The molecule has 15 heteroatoms. The molecule has 0 saturated heterocycles. The highest BCUT2D eigenvalue weighted by atomic mass is 79.9. The van der Waals surface area contributed by atoms with Gasteiger partial charge in [-0.15, -0.1) is 0 Å². The summed E-state index contributed by atoms with van der Waals surface area (Å²) in [6.45, 7) is 3.84. The number of benzene rings is 3. The van der Waals surface area contributed by atoms with E-state index >= 15 is 0 Å². The summed E-state index contributed by atoms with van der Waals surface area (Å²) in [6, 6.07) is 30.1. The van der Waals surface area contributed by atoms with Crippen molar-refractivity contribution < 1.29 is 50.4 Å². The molecule has 0 heterocycles. The molecule has 3 aromatic carbocycles. The fraction of sp³-hybridized carbons (Fsp3) is 0.395. The van der Waals surface area contributed by atoms with Crippen molar-refractivity contribution in [2.45, 2.75) is 51.6 Å². The largest absolute Gasteiger partial charge is 1.00 e. The molecule has 11 nitrogen and oxygen atoms in total. The van der Waals surface area contributed by atoms with Gasteiger partial charge < -0.3 is 48.1 Å². The lowest BCUT2D eigenvalue weighted by Gasteiger charge is -2.27. The average Bonchev–Trinajstić information content (AvgIpc) is 3.16. The Kier molecular flexibility index (Phi) is 22.1. The summed E-state index contributed by atoms with van der Waals surface area (Å²) in [5, 5.41) is 12.1. The molecule has 0 fully saturated rings. The molecule has 3 aromatic rings. The van der Waals surface area contributed by atoms with Gasteiger partial charge in [-0.25, -0.2) is 0 Å². The van der Waals surface area contributed by atoms with E-state index in [1.54, 1.807) is 13.8 Å². The van der Waals surface area contributed by atoms with Crippen LogP contribution in [-0.4, -0.2) is 85.7 Å². The summed E-state index contributed by atoms with van der Waals surface area (Å²) in [6.07, 6.45) is 2.63. The summed E-state index contributed by atoms with van der Waals surface area (Å²) in [5.41, 5.74) is 5.79. The summed E-state index contributed by atoms with van der Waals surface area (Å²) in [4.78, 5) is 61.8. The van der Waals surface area contributed by atoms with E-state index < -0.39 is 43.1 Å². The second-order valence-electron chi connectivity index (χ2n) is 11.7. The molecule has 5 N–H and O–H groups in total. The highest BCUT2D eigenvalue weighted by Crippen LogP contribution is 2.55. The zero-order valence-corrected chi connectivity index (χ0v) is 34.3. The number of nitrogens with two attached hydrogens (primary N) is 1. The predicted molar refractivity (Wildman–Crippen MR) is 213 cm³/mol. The Morgan fingerprint density at radius 1 is 0.736 bits per heavy atom. The molecule has 2 unspecified atom stereocenters. The normalized spacial score (nSPS) is 12.0. The lowest BCUT2D eigenvalue weighted by Crippen LogP contribution is -3.00. The van der Waals surface area contributed by atoms with Crippen molar-refractivity contribution in [3.63, 3.8) is 0 Å². The van der Waals surface area contributed by atoms with Crippen LogP contribution in [0.15, 0.2) is 91.0 Å². The zero-order valence-electron chi connectivity index (χ0n) is 30.2. The van der Waals surface area contributed by atoms with Crippen LogP contribution in [0.25, 0.3) is 0 Å². The van der Waals surface area contributed by atoms with Gasteiger partial charge in [0.2, 0.25) is 17.7 Å². The van der Waals surface area contributed by atoms with Crippen molar-refractivity contribution in [3.8, 4) is 0 Å². The van der Waals surface area contributed by atoms with Crippen LogP contribution in [0.1, 0.15) is 39.5 Å². The number of nitrogens with one attached hydrogen (secondary N) is 3. The van der Waals surface area contributed by atoms with Crippen LogP contribution in [0.4, 0.5) is 0 Å². The summed E-state index contributed by atoms with van der Waals surface area (Å²) >= 11 is 0. The molecular weight excluding hydrogens is 799 g/mol. The summed E-state index contributed by atoms with van der Waals surface area (Å²) < 4.78 is 9.73. The molecule has 0 radical (unpaired) electrons. The number of unbranched alkanes of at least 4 members (excludes halogenated alkanes) is 1. The van der Waals surface area contributed by atoms with Gasteiger partial charge in [0, 0.05) is 18.7 Å². The lowest BCUT2D eigenvalue weighted by atomic mass is 10.1. The first-order chi connectivity index (χ1) is 25.2. The molecule has 53 heavy (non-hydrogen) atoms. The van der Waals surface area contributed by atoms with E-state index in [0.717, 1.165) is 19.0 Å². The molecule has 0 aromatic heterocycles. The SMILES string of the molecule is CCOC(=O)CNC(=O)C(CSSCC(=O)NCCCC[P+](c1ccccc1)(c1ccccc1)c1ccccc1)NC(=O)CCC(N)C(=O)OCC.[Br-]. The Bertz CT molecular complexity index is 1470. The van der Waals surface area contributed by atoms with Crippen LogP contribution in [0.3, 0.4) is 0 Å². The molecular formula is C38H50BrN4O7PS2. The highest BCUT2D eigenvalue weighted by molar-refractivity contribution is 8.76. The maximum atomic E-state index is 12.9. The van der Waals surface area contributed by atoms with Gasteiger partial charge >= 0.3 is 11.9 Å². The van der Waals surface area contributed by atoms with Crippen molar-refractivity contribution in [1.29, 1.82) is 0 Å². The van der Waals surface area contributed by atoms with E-state index in [4.69, 9.17) is 15.2 Å². The summed E-state index contributed by atoms with van der Waals surface area (Å²) in [5.74, 6) is -2.12. The van der Waals surface area contributed by atoms with E-state index in [9.17, 15) is 24.0 Å². The maximum Gasteiger partial charge on any atom is 0.325 e. The van der Waals surface area contributed by atoms with Crippen molar-refractivity contribution in [2.75, 3.05) is 44.0 Å². The molecule has 0 aliphatic heterocycles. The molecule has 288 valence electrons. The molecule has 3 amide bonds. The Balaban J connectivity index is 0.00000972. The molecule has 0 aliphatic rings. The van der Waals surface area contributed by atoms with Gasteiger partial charge in [0.25, 0.3) is 0 Å². The maximum absolute atomic E-state index is 12.9. The van der Waals surface area contributed by atoms with Gasteiger partial charge in [-0.1, -0.05) is 76.2 Å². The highest BCUT2D eigenvalue weighted by Gasteiger charge is 2.44. The van der Waals surface area contributed by atoms with Crippen molar-refractivity contribution in [1.82, 2.24) is 16.0 Å². The van der Waals surface area contributed by atoms with E-state index in [1.165, 1.54) is 37.5 Å². The average molecular weight is 850 g/mol. The van der Waals surface area contributed by atoms with Gasteiger partial charge in [-0.3, -0.25) is 24.0 Å². The Morgan fingerprint density at radius 2 is 1.28 bits per heavy atom. The van der Waals surface area contributed by atoms with Crippen LogP contribution in [0, 0.1) is 0 Å². The van der Waals surface area contributed by atoms with Crippen LogP contribution >= 0.6 is 28.9 Å². The fourth-order valence-electron chi connectivity index (χ4n) is 5.44. The van der Waals surface area contributed by atoms with Gasteiger partial charge in [0.15, 0.2) is 0 Å². The minimum atomic E-state index is -1.93. The van der Waals surface area contributed by atoms with E-state index in [1.807, 2.05) is 18.2 Å². The van der Waals surface area contributed by atoms with Crippen molar-refractivity contribution in [3.05, 3.63) is 91.0 Å². The number of hydrogen-bond donors (Lipinski definition) is 4. The molecule has 0 spiro atoms. The molecule has 0 saturated carbocycles. The Labute approximate surface area is 331 Å². The second kappa shape index (κ2) is 25.6. The monoisotopic (exact) mass is 848 g/mol. The standard InChI is InChI=1S/C38H49N4O7PS2.BrH/c1-3-48-36(45)26-41-37(46)33(42-34(43)23-22-32(39)38(47)49-4-2)27-51-52-28-35(44)40-24-14-15-25-50(29-16-8-5-9-17-29,30-18-10-6-11-19-30)31-20-12-7-13-21-31;/h5-13,16-21,32-33H,3-4,14-15,22-28,39H2,1-2H3,(H2-,40,41,42,43,44,46);1H. The first-order valence-corrected chi connectivity index (χ1v) is 21.9. The number of ether oxygens (including phenoxy) is 2. The number of amides is 3. The first kappa shape index (κ1) is 45.7. The van der Waals surface area contributed by atoms with Gasteiger partial charge in [0.05, 0.1) is 25.1 Å². The zero-order chi connectivity index (χ0) is 37.6. The third kappa shape index (κ3) is 15.5. The third-order valence-electron chi connectivity index (χ3n) is 7.98. The Hall–Kier alpha value is -3.42. The number of hydrogen-bond acceptors (Lipinski definition) is 10. The smallest absolute Gasteiger partial charge is 0.325 e. The number of carbonyl (C=O) groups is 5. The van der Waals surface area contributed by atoms with Crippen LogP contribution in [0.2, 0.25) is 0 Å². The first-order valence-electron chi connectivity index (χ1n) is 17.4. The molecule has 2 atom stereocenters. The predicted octanol–water partition coefficient (Wildman–Crippen LogP) is 0.0970. The summed E-state index contributed by atoms with van der Waals surface area (Å²) in [7, 11) is 0.577. The number of halogens is 1. The van der Waals surface area contributed by atoms with Crippen LogP contribution < -0.4 is 54.6 Å². The van der Waals surface area contributed by atoms with Crippen molar-refractivity contribution in [2.24, 2.45) is 5.73 Å². The van der Waals surface area contributed by atoms with Crippen molar-refractivity contribution >= 4 is 74.4 Å². The molecule has 3 rings (SSSR count). The van der Waals surface area contributed by atoms with Gasteiger partial charge in [-0.2, -0.15) is 0 Å². The van der Waals surface area contributed by atoms with E-state index in [0.29, 0.717) is 6.54 Å². The minimum Gasteiger partial charge on any atom is -1.00 e. The number of rotatable bonds is 23.